The van der Waals surface area contributed by atoms with Gasteiger partial charge in [0.15, 0.2) is 0 Å². The molecule has 0 saturated heterocycles. The van der Waals surface area contributed by atoms with Gasteiger partial charge in [0.25, 0.3) is 0 Å². The van der Waals surface area contributed by atoms with Gasteiger partial charge in [-0.2, -0.15) is 0 Å². The molecule has 2 aliphatic heterocycles. The first-order valence-electron chi connectivity index (χ1n) is 16.5. The van der Waals surface area contributed by atoms with Crippen molar-refractivity contribution in [2.45, 2.75) is 6.92 Å². The number of benzene rings is 4. The molecule has 5 aromatic rings. The molecule has 0 unspecified atom stereocenters. The van der Waals surface area contributed by atoms with Crippen LogP contribution in [0.25, 0.3) is 33.8 Å². The van der Waals surface area contributed by atoms with Crippen LogP contribution in [0.4, 0.5) is 0 Å². The number of aromatic nitrogens is 1. The fraction of sp³-hybridized carbons (Fsp3) is 0.0217. The van der Waals surface area contributed by atoms with Crippen LogP contribution in [0.3, 0.4) is 0 Å². The molecule has 0 fully saturated rings. The number of fused-ring (bicyclic) bond motifs is 3. The SMILES string of the molecule is C=C1\C=C/C([NH-])=C(c2ccccc2)/C([NH-])=C/C=C(C)/C(c2ccccc2)=C2/C=CC(=N2)/C(c2ccccc2)=c2/cc/c([n-]2)=C/1c1ccccc1.[Co+3]. The molecule has 7 rings (SSSR count). The number of nitrogens with zero attached hydrogens (tertiary/aromatic N) is 2. The van der Waals surface area contributed by atoms with E-state index in [0.717, 1.165) is 66.7 Å². The van der Waals surface area contributed by atoms with Crippen molar-refractivity contribution in [2.75, 3.05) is 0 Å². The quantitative estimate of drug-likeness (QED) is 0.184. The maximum Gasteiger partial charge on any atom is 3.00 e. The van der Waals surface area contributed by atoms with Gasteiger partial charge in [0.2, 0.25) is 0 Å². The van der Waals surface area contributed by atoms with E-state index in [1.54, 1.807) is 12.2 Å². The van der Waals surface area contributed by atoms with Crippen LogP contribution in [0.5, 0.6) is 0 Å². The second-order valence-corrected chi connectivity index (χ2v) is 12.1. The first kappa shape index (κ1) is 34.7. The Balaban J connectivity index is 0.00000448. The smallest absolute Gasteiger partial charge is 0.698 e. The van der Waals surface area contributed by atoms with E-state index in [1.165, 1.54) is 0 Å². The Kier molecular flexibility index (Phi) is 10.6. The van der Waals surface area contributed by atoms with E-state index in [4.69, 9.17) is 9.98 Å². The number of hydrogen-bond acceptors (Lipinski definition) is 1. The summed E-state index contributed by atoms with van der Waals surface area (Å²) in [5.74, 6) is 0. The summed E-state index contributed by atoms with van der Waals surface area (Å²) >= 11 is 0. The molecule has 248 valence electrons. The minimum Gasteiger partial charge on any atom is -0.698 e. The zero-order chi connectivity index (χ0) is 34.5. The van der Waals surface area contributed by atoms with Gasteiger partial charge in [-0.25, -0.2) is 4.99 Å². The largest absolute Gasteiger partial charge is 3.00 e. The summed E-state index contributed by atoms with van der Waals surface area (Å²) in [4.78, 5) is 10.5. The van der Waals surface area contributed by atoms with E-state index in [-0.39, 0.29) is 28.2 Å². The maximum absolute atomic E-state index is 9.23. The van der Waals surface area contributed by atoms with Crippen LogP contribution in [0.1, 0.15) is 29.2 Å². The van der Waals surface area contributed by atoms with Gasteiger partial charge in [0, 0.05) is 5.57 Å². The Bertz CT molecular complexity index is 2420. The first-order valence-corrected chi connectivity index (χ1v) is 16.5. The van der Waals surface area contributed by atoms with Crippen molar-refractivity contribution >= 4 is 28.0 Å². The van der Waals surface area contributed by atoms with Gasteiger partial charge < -0.3 is 16.5 Å². The molecule has 51 heavy (non-hydrogen) atoms. The Morgan fingerprint density at radius 1 is 0.510 bits per heavy atom. The second kappa shape index (κ2) is 15.6. The topological polar surface area (TPSA) is 74.1 Å². The predicted octanol–water partition coefficient (Wildman–Crippen LogP) is 9.93. The number of nitrogens with one attached hydrogen (secondary N) is 2. The third-order valence-electron chi connectivity index (χ3n) is 8.76. The molecular weight excluding hydrogens is 667 g/mol. The Morgan fingerprint density at radius 2 is 0.980 bits per heavy atom. The fourth-order valence-electron chi connectivity index (χ4n) is 6.38. The Hall–Kier alpha value is -6.14. The molecule has 0 spiro atoms. The van der Waals surface area contributed by atoms with Crippen LogP contribution in [0, 0.1) is 0 Å². The van der Waals surface area contributed by atoms with Gasteiger partial charge >= 0.3 is 16.8 Å². The van der Waals surface area contributed by atoms with E-state index >= 15 is 0 Å². The molecule has 2 N–H and O–H groups in total. The van der Waals surface area contributed by atoms with Gasteiger partial charge in [-0.3, -0.25) is 0 Å². The number of aliphatic imine (C=N–C) groups is 1. The van der Waals surface area contributed by atoms with Gasteiger partial charge in [-0.1, -0.05) is 164 Å². The molecule has 0 atom stereocenters. The molecule has 4 bridgehead atoms. The van der Waals surface area contributed by atoms with Crippen molar-refractivity contribution in [3.8, 4) is 0 Å². The zero-order valence-electron chi connectivity index (χ0n) is 28.1. The normalized spacial score (nSPS) is 22.8. The van der Waals surface area contributed by atoms with Gasteiger partial charge in [-0.05, 0) is 69.2 Å². The van der Waals surface area contributed by atoms with Crippen molar-refractivity contribution in [1.29, 1.82) is 0 Å². The zero-order valence-corrected chi connectivity index (χ0v) is 29.1. The van der Waals surface area contributed by atoms with E-state index < -0.39 is 0 Å². The molecule has 3 heterocycles. The van der Waals surface area contributed by atoms with Gasteiger partial charge in [0.1, 0.15) is 0 Å². The first-order chi connectivity index (χ1) is 24.5. The minimum atomic E-state index is 0. The summed E-state index contributed by atoms with van der Waals surface area (Å²) in [6.07, 6.45) is 11.4. The monoisotopic (exact) mass is 702 g/mol. The summed E-state index contributed by atoms with van der Waals surface area (Å²) in [5.41, 5.74) is 29.3. The van der Waals surface area contributed by atoms with Crippen molar-refractivity contribution in [3.05, 3.63) is 249 Å². The Labute approximate surface area is 309 Å². The molecule has 5 heteroatoms. The van der Waals surface area contributed by atoms with E-state index in [0.29, 0.717) is 11.1 Å². The summed E-state index contributed by atoms with van der Waals surface area (Å²) in [6.45, 7) is 6.51. The second-order valence-electron chi connectivity index (χ2n) is 12.1. The third-order valence-corrected chi connectivity index (χ3v) is 8.76. The average Bonchev–Trinajstić information content (AvgIpc) is 3.83. The molecule has 0 radical (unpaired) electrons. The van der Waals surface area contributed by atoms with E-state index in [1.807, 2.05) is 116 Å². The summed E-state index contributed by atoms with van der Waals surface area (Å²) in [5, 5.41) is 1.59. The van der Waals surface area contributed by atoms with Crippen molar-refractivity contribution in [1.82, 2.24) is 4.98 Å². The third kappa shape index (κ3) is 7.41. The molecule has 4 aromatic carbocycles. The maximum atomic E-state index is 9.23. The minimum absolute atomic E-state index is 0. The van der Waals surface area contributed by atoms with Crippen molar-refractivity contribution < 1.29 is 16.8 Å². The molecule has 0 saturated carbocycles. The fourth-order valence-corrected chi connectivity index (χ4v) is 6.38. The summed E-state index contributed by atoms with van der Waals surface area (Å²) < 4.78 is 0. The van der Waals surface area contributed by atoms with Gasteiger partial charge in [-0.15, -0.1) is 22.1 Å². The van der Waals surface area contributed by atoms with Gasteiger partial charge in [0.05, 0.1) is 11.4 Å². The number of hydrogen-bond donors (Lipinski definition) is 0. The standard InChI is InChI=1S/C46H35N4.Co/c1-31-23-25-37(47)45(35-19-11-5-12-20-35)38(48)26-24-32(2)44(34-17-9-4-10-18-34)40-28-30-42(50-40)46(36-21-13-6-14-22-36)41-29-27-39(49-41)43(31)33-15-7-3-8-16-33;/h3-30,47-48H,1H2,2H3;/q-3;+3/b25-23-,32-24+,38-26-,43-39+,44-40+,45-37-,46-41-;. The van der Waals surface area contributed by atoms with Crippen LogP contribution < -0.4 is 15.7 Å². The summed E-state index contributed by atoms with van der Waals surface area (Å²) in [6, 6.07) is 44.3. The molecular formula is C46H35CoN4. The van der Waals surface area contributed by atoms with Crippen LogP contribution in [0.2, 0.25) is 0 Å². The van der Waals surface area contributed by atoms with Crippen LogP contribution in [0.15, 0.2) is 210 Å². The van der Waals surface area contributed by atoms with E-state index in [9.17, 15) is 11.5 Å². The molecule has 0 amide bonds. The van der Waals surface area contributed by atoms with Crippen molar-refractivity contribution in [3.63, 3.8) is 0 Å². The van der Waals surface area contributed by atoms with E-state index in [2.05, 4.69) is 55.1 Å². The summed E-state index contributed by atoms with van der Waals surface area (Å²) in [7, 11) is 0. The molecule has 4 nitrogen and oxygen atoms in total. The molecule has 0 aliphatic carbocycles. The van der Waals surface area contributed by atoms with Crippen molar-refractivity contribution in [2.24, 2.45) is 4.99 Å². The number of rotatable bonds is 4. The number of allylic oxidation sites excluding steroid dienone is 10. The molecule has 1 aromatic heterocycles. The molecule has 2 aliphatic rings. The van der Waals surface area contributed by atoms with Crippen LogP contribution in [-0.2, 0) is 16.8 Å². The van der Waals surface area contributed by atoms with Crippen LogP contribution >= 0.6 is 0 Å². The average molecular weight is 703 g/mol. The Morgan fingerprint density at radius 3 is 1.53 bits per heavy atom. The predicted molar refractivity (Wildman–Crippen MR) is 209 cm³/mol. The van der Waals surface area contributed by atoms with Crippen LogP contribution in [-0.4, -0.2) is 5.71 Å².